The number of carbonyl (C=O) groups excluding carboxylic acids is 3. The van der Waals surface area contributed by atoms with Gasteiger partial charge in [-0.1, -0.05) is 37.6 Å². The van der Waals surface area contributed by atoms with Crippen molar-refractivity contribution in [3.8, 4) is 0 Å². The maximum Gasteiger partial charge on any atom is 0.303 e. The van der Waals surface area contributed by atoms with Gasteiger partial charge >= 0.3 is 5.97 Å². The second-order valence-electron chi connectivity index (χ2n) is 12.3. The van der Waals surface area contributed by atoms with Gasteiger partial charge in [0.15, 0.2) is 0 Å². The molecular formula is C32H50N2O7. The van der Waals surface area contributed by atoms with Crippen molar-refractivity contribution in [2.75, 3.05) is 0 Å². The van der Waals surface area contributed by atoms with Crippen LogP contribution in [0.2, 0.25) is 0 Å². The largest absolute Gasteiger partial charge is 0.459 e. The molecule has 9 heteroatoms. The summed E-state index contributed by atoms with van der Waals surface area (Å²) in [7, 11) is 0. The Kier molecular flexibility index (Phi) is 12.6. The van der Waals surface area contributed by atoms with E-state index >= 15 is 0 Å². The van der Waals surface area contributed by atoms with Crippen LogP contribution in [0.4, 0.5) is 0 Å². The van der Waals surface area contributed by atoms with Gasteiger partial charge in [-0.2, -0.15) is 0 Å². The zero-order chi connectivity index (χ0) is 30.1. The smallest absolute Gasteiger partial charge is 0.303 e. The Morgan fingerprint density at radius 3 is 2.41 bits per heavy atom. The highest BCUT2D eigenvalue weighted by molar-refractivity contribution is 5.87. The van der Waals surface area contributed by atoms with Crippen LogP contribution in [0.1, 0.15) is 86.5 Å². The molecule has 3 N–H and O–H groups in total. The Labute approximate surface area is 245 Å². The number of ether oxygens (including phenoxy) is 3. The first-order valence-electron chi connectivity index (χ1n) is 15.2. The lowest BCUT2D eigenvalue weighted by molar-refractivity contribution is -0.143. The fourth-order valence-electron chi connectivity index (χ4n) is 5.66. The van der Waals surface area contributed by atoms with E-state index in [4.69, 9.17) is 14.2 Å². The molecule has 3 fully saturated rings. The number of carbonyl (C=O) groups is 3. The van der Waals surface area contributed by atoms with Crippen LogP contribution in [0.3, 0.4) is 0 Å². The van der Waals surface area contributed by atoms with Gasteiger partial charge in [0.2, 0.25) is 11.8 Å². The summed E-state index contributed by atoms with van der Waals surface area (Å²) in [5.41, 5.74) is 1.05. The number of allylic oxidation sites excluding steroid dienone is 2. The summed E-state index contributed by atoms with van der Waals surface area (Å²) in [5.74, 6) is -0.309. The maximum absolute atomic E-state index is 12.4. The van der Waals surface area contributed by atoms with E-state index in [1.165, 1.54) is 19.4 Å². The molecule has 0 aromatic carbocycles. The summed E-state index contributed by atoms with van der Waals surface area (Å²) in [6, 6.07) is 0.204. The number of nitrogens with one attached hydrogen (secondary N) is 2. The van der Waals surface area contributed by atoms with E-state index in [1.807, 2.05) is 32.9 Å². The van der Waals surface area contributed by atoms with Crippen molar-refractivity contribution in [3.05, 3.63) is 36.0 Å². The third kappa shape index (κ3) is 10.7. The van der Waals surface area contributed by atoms with Crippen molar-refractivity contribution in [3.63, 3.8) is 0 Å². The van der Waals surface area contributed by atoms with E-state index in [9.17, 15) is 19.5 Å². The topological polar surface area (TPSA) is 123 Å². The number of aliphatic hydroxyl groups excluding tert-OH is 1. The van der Waals surface area contributed by atoms with Crippen LogP contribution in [0.25, 0.3) is 0 Å². The van der Waals surface area contributed by atoms with Gasteiger partial charge < -0.3 is 30.0 Å². The van der Waals surface area contributed by atoms with Crippen molar-refractivity contribution in [2.45, 2.75) is 135 Å². The first-order chi connectivity index (χ1) is 19.4. The third-order valence-electron chi connectivity index (χ3n) is 8.42. The van der Waals surface area contributed by atoms with Gasteiger partial charge in [0.1, 0.15) is 12.2 Å². The Bertz CT molecular complexity index is 989. The number of hydrogen-bond donors (Lipinski definition) is 3. The molecule has 2 aliphatic heterocycles. The normalized spacial score (nSPS) is 33.8. The predicted molar refractivity (Wildman–Crippen MR) is 157 cm³/mol. The molecule has 2 amide bonds. The Morgan fingerprint density at radius 1 is 1.02 bits per heavy atom. The first-order valence-corrected chi connectivity index (χ1v) is 15.2. The lowest BCUT2D eigenvalue weighted by Crippen LogP contribution is -2.50. The highest BCUT2D eigenvalue weighted by Gasteiger charge is 2.36. The van der Waals surface area contributed by atoms with Crippen LogP contribution in [0, 0.1) is 11.8 Å². The van der Waals surface area contributed by atoms with E-state index in [0.717, 1.165) is 31.3 Å². The zero-order valence-electron chi connectivity index (χ0n) is 25.5. The molecule has 9 atom stereocenters. The summed E-state index contributed by atoms with van der Waals surface area (Å²) in [5, 5.41) is 16.8. The lowest BCUT2D eigenvalue weighted by atomic mass is 9.87. The average Bonchev–Trinajstić information content (AvgIpc) is 2.87. The minimum atomic E-state index is -0.612. The quantitative estimate of drug-likeness (QED) is 0.194. The highest BCUT2D eigenvalue weighted by Crippen LogP contribution is 2.30. The molecule has 41 heavy (non-hydrogen) atoms. The second-order valence-corrected chi connectivity index (χ2v) is 12.3. The molecule has 1 aliphatic carbocycles. The van der Waals surface area contributed by atoms with Crippen molar-refractivity contribution in [1.82, 2.24) is 10.6 Å². The average molecular weight is 575 g/mol. The predicted octanol–water partition coefficient (Wildman–Crippen LogP) is 3.90. The number of hydrogen-bond acceptors (Lipinski definition) is 7. The lowest BCUT2D eigenvalue weighted by Gasteiger charge is -2.39. The summed E-state index contributed by atoms with van der Waals surface area (Å²) in [6.45, 7) is 11.2. The van der Waals surface area contributed by atoms with E-state index in [2.05, 4.69) is 23.6 Å². The molecular weight excluding hydrogens is 524 g/mol. The molecule has 0 radical (unpaired) electrons. The Balaban J connectivity index is 1.46. The molecule has 0 aromatic rings. The number of esters is 1. The zero-order valence-corrected chi connectivity index (χ0v) is 25.5. The molecule has 9 nitrogen and oxygen atoms in total. The first kappa shape index (κ1) is 33.0. The summed E-state index contributed by atoms with van der Waals surface area (Å²) < 4.78 is 17.4. The molecule has 3 rings (SSSR count). The van der Waals surface area contributed by atoms with E-state index in [0.29, 0.717) is 18.9 Å². The van der Waals surface area contributed by atoms with Gasteiger partial charge in [-0.3, -0.25) is 14.4 Å². The highest BCUT2D eigenvalue weighted by atomic mass is 16.5. The van der Waals surface area contributed by atoms with E-state index in [-0.39, 0.29) is 54.0 Å². The van der Waals surface area contributed by atoms with Crippen LogP contribution < -0.4 is 10.6 Å². The molecule has 3 aliphatic rings. The minimum absolute atomic E-state index is 0.0242. The van der Waals surface area contributed by atoms with Crippen LogP contribution in [-0.4, -0.2) is 71.6 Å². The molecule has 0 unspecified atom stereocenters. The number of aliphatic hydroxyl groups is 1. The van der Waals surface area contributed by atoms with Crippen molar-refractivity contribution >= 4 is 17.8 Å². The van der Waals surface area contributed by atoms with Crippen molar-refractivity contribution in [2.24, 2.45) is 11.8 Å². The van der Waals surface area contributed by atoms with Crippen LogP contribution >= 0.6 is 0 Å². The molecule has 0 spiro atoms. The van der Waals surface area contributed by atoms with Crippen LogP contribution in [-0.2, 0) is 28.6 Å². The Morgan fingerprint density at radius 2 is 1.76 bits per heavy atom. The van der Waals surface area contributed by atoms with Crippen molar-refractivity contribution < 1.29 is 33.7 Å². The summed E-state index contributed by atoms with van der Waals surface area (Å²) >= 11 is 0. The standard InChI is InChI=1S/C32H50N2O7/c1-19(11-14-29-32(38)21(3)16-26(41-29)18-31(37)33-25-8-7-9-25)10-13-28-20(2)17-27(23(5)40-28)34-30(36)15-12-22(4)39-24(6)35/h10-12,14-15,20-23,25-29,32,38H,7-9,13,16-18H2,1-6H3,(H,33,37)(H,34,36)/b14-11+,15-12-,19-10+/t20-,21+,22-,23+,26-,27+,28-,29+,32-/m0/s1. The third-order valence-corrected chi connectivity index (χ3v) is 8.42. The minimum Gasteiger partial charge on any atom is -0.459 e. The molecule has 0 bridgehead atoms. The van der Waals surface area contributed by atoms with Gasteiger partial charge in [0, 0.05) is 19.0 Å². The molecule has 2 heterocycles. The van der Waals surface area contributed by atoms with Gasteiger partial charge in [-0.15, -0.1) is 0 Å². The van der Waals surface area contributed by atoms with Gasteiger partial charge in [0.25, 0.3) is 0 Å². The van der Waals surface area contributed by atoms with E-state index in [1.54, 1.807) is 13.0 Å². The van der Waals surface area contributed by atoms with Gasteiger partial charge in [0.05, 0.1) is 36.9 Å². The molecule has 1 saturated carbocycles. The van der Waals surface area contributed by atoms with Gasteiger partial charge in [-0.05, 0) is 77.2 Å². The summed E-state index contributed by atoms with van der Waals surface area (Å²) in [6.07, 6.45) is 12.9. The molecule has 230 valence electrons. The van der Waals surface area contributed by atoms with Crippen LogP contribution in [0.15, 0.2) is 36.0 Å². The van der Waals surface area contributed by atoms with Crippen LogP contribution in [0.5, 0.6) is 0 Å². The molecule has 2 saturated heterocycles. The monoisotopic (exact) mass is 574 g/mol. The number of rotatable bonds is 11. The summed E-state index contributed by atoms with van der Waals surface area (Å²) in [4.78, 5) is 35.8. The SMILES string of the molecule is CC(=O)O[C@@H](C)/C=C\C(=O)N[C@@H]1C[C@H](C)[C@H](C/C=C(C)/C=C/[C@H]2O[C@H](CC(=O)NC3CCC3)C[C@@H](C)[C@@H]2O)O[C@@H]1C. The maximum atomic E-state index is 12.4. The molecule has 0 aromatic heterocycles. The van der Waals surface area contributed by atoms with Crippen molar-refractivity contribution in [1.29, 1.82) is 0 Å². The fourth-order valence-corrected chi connectivity index (χ4v) is 5.66. The fraction of sp³-hybridized carbons (Fsp3) is 0.719. The Hall–Kier alpha value is -2.49. The number of amides is 2. The second kappa shape index (κ2) is 15.7. The van der Waals surface area contributed by atoms with Gasteiger partial charge in [-0.25, -0.2) is 0 Å². The van der Waals surface area contributed by atoms with E-state index < -0.39 is 18.3 Å².